The van der Waals surface area contributed by atoms with Gasteiger partial charge in [0.05, 0.1) is 12.6 Å². The molecule has 0 radical (unpaired) electrons. The van der Waals surface area contributed by atoms with E-state index in [0.29, 0.717) is 6.61 Å². The van der Waals surface area contributed by atoms with Gasteiger partial charge in [0.25, 0.3) is 0 Å². The van der Waals surface area contributed by atoms with Crippen LogP contribution >= 0.6 is 10.7 Å². The molecule has 21 heavy (non-hydrogen) atoms. The van der Waals surface area contributed by atoms with Crippen molar-refractivity contribution < 1.29 is 17.9 Å². The van der Waals surface area contributed by atoms with Gasteiger partial charge in [0.2, 0.25) is 15.0 Å². The number of carbonyl (C=O) groups excluding carboxylic acids is 1. The van der Waals surface area contributed by atoms with Crippen molar-refractivity contribution >= 4 is 25.6 Å². The Labute approximate surface area is 129 Å². The number of nitrogens with zero attached hydrogens (tertiary/aromatic N) is 1. The topological polar surface area (TPSA) is 63.7 Å². The molecule has 2 rings (SSSR count). The lowest BCUT2D eigenvalue weighted by atomic mass is 10.1. The van der Waals surface area contributed by atoms with Gasteiger partial charge in [-0.25, -0.2) is 8.42 Å². The molecule has 1 heterocycles. The molecule has 1 aliphatic rings. The van der Waals surface area contributed by atoms with Gasteiger partial charge in [0, 0.05) is 23.6 Å². The Morgan fingerprint density at radius 2 is 2.00 bits per heavy atom. The molecule has 1 aromatic carbocycles. The third kappa shape index (κ3) is 3.68. The SMILES string of the molecule is CCOc1ccc(C(C)N2CC(S(=O)(=O)Cl)CC2=O)cc1. The molecule has 0 aliphatic carbocycles. The molecule has 1 fully saturated rings. The minimum atomic E-state index is -3.71. The Bertz CT molecular complexity index is 614. The van der Waals surface area contributed by atoms with Crippen LogP contribution in [0.2, 0.25) is 0 Å². The van der Waals surface area contributed by atoms with Gasteiger partial charge < -0.3 is 9.64 Å². The van der Waals surface area contributed by atoms with Crippen LogP contribution < -0.4 is 4.74 Å². The first kappa shape index (κ1) is 16.1. The van der Waals surface area contributed by atoms with Gasteiger partial charge in [-0.3, -0.25) is 4.79 Å². The summed E-state index contributed by atoms with van der Waals surface area (Å²) in [6.07, 6.45) is -0.0484. The molecular weight excluding hydrogens is 314 g/mol. The number of amides is 1. The lowest BCUT2D eigenvalue weighted by Gasteiger charge is -2.25. The average Bonchev–Trinajstić information content (AvgIpc) is 2.81. The standard InChI is InChI=1S/C14H18ClNO4S/c1-3-20-12-6-4-11(5-7-12)10(2)16-9-13(8-14(16)17)21(15,18)19/h4-7,10,13H,3,8-9H2,1-2H3. The van der Waals surface area contributed by atoms with Crippen LogP contribution in [0.25, 0.3) is 0 Å². The number of benzene rings is 1. The second-order valence-corrected chi connectivity index (χ2v) is 7.93. The highest BCUT2D eigenvalue weighted by atomic mass is 35.7. The molecule has 1 aliphatic heterocycles. The Morgan fingerprint density at radius 3 is 2.48 bits per heavy atom. The summed E-state index contributed by atoms with van der Waals surface area (Å²) in [6.45, 7) is 4.51. The van der Waals surface area contributed by atoms with Crippen LogP contribution in [-0.2, 0) is 13.8 Å². The predicted octanol–water partition coefficient (Wildman–Crippen LogP) is 2.32. The van der Waals surface area contributed by atoms with Gasteiger partial charge in [0.15, 0.2) is 0 Å². The van der Waals surface area contributed by atoms with Crippen molar-refractivity contribution in [3.8, 4) is 5.75 Å². The van der Waals surface area contributed by atoms with E-state index in [9.17, 15) is 13.2 Å². The maximum absolute atomic E-state index is 12.0. The number of ether oxygens (including phenoxy) is 1. The van der Waals surface area contributed by atoms with Gasteiger partial charge in [-0.15, -0.1) is 0 Å². The fourth-order valence-corrected chi connectivity index (χ4v) is 3.49. The van der Waals surface area contributed by atoms with Crippen LogP contribution in [0.1, 0.15) is 31.9 Å². The minimum absolute atomic E-state index is 0.0484. The number of hydrogen-bond acceptors (Lipinski definition) is 4. The molecule has 116 valence electrons. The normalized spacial score (nSPS) is 20.6. The first-order valence-corrected chi connectivity index (χ1v) is 9.16. The molecule has 2 atom stereocenters. The highest BCUT2D eigenvalue weighted by Crippen LogP contribution is 2.30. The lowest BCUT2D eigenvalue weighted by Crippen LogP contribution is -2.30. The zero-order chi connectivity index (χ0) is 15.6. The van der Waals surface area contributed by atoms with E-state index in [1.54, 1.807) is 4.90 Å². The first-order chi connectivity index (χ1) is 9.82. The van der Waals surface area contributed by atoms with Crippen molar-refractivity contribution in [2.45, 2.75) is 31.6 Å². The minimum Gasteiger partial charge on any atom is -0.494 e. The monoisotopic (exact) mass is 331 g/mol. The van der Waals surface area contributed by atoms with Crippen molar-refractivity contribution in [1.29, 1.82) is 0 Å². The molecule has 5 nitrogen and oxygen atoms in total. The highest BCUT2D eigenvalue weighted by Gasteiger charge is 2.39. The molecule has 0 aromatic heterocycles. The molecule has 1 aromatic rings. The van der Waals surface area contributed by atoms with E-state index in [-0.39, 0.29) is 24.9 Å². The smallest absolute Gasteiger partial charge is 0.237 e. The Hall–Kier alpha value is -1.27. The molecule has 1 saturated heterocycles. The zero-order valence-corrected chi connectivity index (χ0v) is 13.5. The van der Waals surface area contributed by atoms with Crippen LogP contribution in [0.4, 0.5) is 0 Å². The predicted molar refractivity (Wildman–Crippen MR) is 80.9 cm³/mol. The molecule has 1 amide bonds. The fraction of sp³-hybridized carbons (Fsp3) is 0.500. The quantitative estimate of drug-likeness (QED) is 0.777. The van der Waals surface area contributed by atoms with E-state index in [2.05, 4.69) is 0 Å². The molecule has 0 spiro atoms. The van der Waals surface area contributed by atoms with Crippen LogP contribution in [0.15, 0.2) is 24.3 Å². The van der Waals surface area contributed by atoms with Crippen molar-refractivity contribution in [1.82, 2.24) is 4.90 Å². The fourth-order valence-electron chi connectivity index (χ4n) is 2.45. The maximum atomic E-state index is 12.0. The van der Waals surface area contributed by atoms with Crippen molar-refractivity contribution in [2.24, 2.45) is 0 Å². The molecule has 2 unspecified atom stereocenters. The van der Waals surface area contributed by atoms with Gasteiger partial charge in [-0.05, 0) is 31.5 Å². The van der Waals surface area contributed by atoms with Crippen molar-refractivity contribution in [3.63, 3.8) is 0 Å². The number of hydrogen-bond donors (Lipinski definition) is 0. The van der Waals surface area contributed by atoms with Gasteiger partial charge in [-0.1, -0.05) is 12.1 Å². The molecular formula is C14H18ClNO4S. The Morgan fingerprint density at radius 1 is 1.38 bits per heavy atom. The summed E-state index contributed by atoms with van der Waals surface area (Å²) in [7, 11) is 1.64. The summed E-state index contributed by atoms with van der Waals surface area (Å²) in [5, 5.41) is -0.822. The third-order valence-electron chi connectivity index (χ3n) is 3.66. The summed E-state index contributed by atoms with van der Waals surface area (Å²) < 4.78 is 28.1. The number of halogens is 1. The molecule has 0 N–H and O–H groups in total. The third-order valence-corrected chi connectivity index (χ3v) is 5.53. The number of carbonyl (C=O) groups is 1. The second kappa shape index (κ2) is 6.23. The largest absolute Gasteiger partial charge is 0.494 e. The summed E-state index contributed by atoms with van der Waals surface area (Å²) >= 11 is 0. The maximum Gasteiger partial charge on any atom is 0.237 e. The van der Waals surface area contributed by atoms with Gasteiger partial charge in [-0.2, -0.15) is 0 Å². The van der Waals surface area contributed by atoms with E-state index >= 15 is 0 Å². The molecule has 7 heteroatoms. The summed E-state index contributed by atoms with van der Waals surface area (Å²) in [6, 6.07) is 7.24. The Balaban J connectivity index is 2.13. The lowest BCUT2D eigenvalue weighted by molar-refractivity contribution is -0.129. The van der Waals surface area contributed by atoms with E-state index in [1.807, 2.05) is 38.1 Å². The van der Waals surface area contributed by atoms with Crippen LogP contribution in [0.3, 0.4) is 0 Å². The van der Waals surface area contributed by atoms with E-state index in [4.69, 9.17) is 15.4 Å². The second-order valence-electron chi connectivity index (χ2n) is 5.03. The van der Waals surface area contributed by atoms with Gasteiger partial charge in [0.1, 0.15) is 11.0 Å². The highest BCUT2D eigenvalue weighted by molar-refractivity contribution is 8.14. The van der Waals surface area contributed by atoms with Crippen molar-refractivity contribution in [2.75, 3.05) is 13.2 Å². The van der Waals surface area contributed by atoms with Crippen LogP contribution in [0, 0.1) is 0 Å². The van der Waals surface area contributed by atoms with Crippen molar-refractivity contribution in [3.05, 3.63) is 29.8 Å². The average molecular weight is 332 g/mol. The van der Waals surface area contributed by atoms with Gasteiger partial charge >= 0.3 is 0 Å². The summed E-state index contributed by atoms with van der Waals surface area (Å²) in [4.78, 5) is 13.5. The van der Waals surface area contributed by atoms with E-state index in [1.165, 1.54) is 0 Å². The molecule has 0 bridgehead atoms. The molecule has 0 saturated carbocycles. The van der Waals surface area contributed by atoms with E-state index in [0.717, 1.165) is 11.3 Å². The summed E-state index contributed by atoms with van der Waals surface area (Å²) in [5.41, 5.74) is 0.930. The summed E-state index contributed by atoms with van der Waals surface area (Å²) in [5.74, 6) is 0.577. The van der Waals surface area contributed by atoms with Crippen LogP contribution in [0.5, 0.6) is 5.75 Å². The Kier molecular flexibility index (Phi) is 4.78. The van der Waals surface area contributed by atoms with E-state index < -0.39 is 14.3 Å². The number of likely N-dealkylation sites (tertiary alicyclic amines) is 1. The first-order valence-electron chi connectivity index (χ1n) is 6.78. The number of rotatable bonds is 5. The van der Waals surface area contributed by atoms with Crippen LogP contribution in [-0.4, -0.2) is 37.6 Å². The zero-order valence-electron chi connectivity index (χ0n) is 12.0.